The predicted octanol–water partition coefficient (Wildman–Crippen LogP) is 1.17. The summed E-state index contributed by atoms with van der Waals surface area (Å²) < 4.78 is 28.0. The zero-order valence-electron chi connectivity index (χ0n) is 19.7. The lowest BCUT2D eigenvalue weighted by Crippen LogP contribution is -2.47. The summed E-state index contributed by atoms with van der Waals surface area (Å²) >= 11 is 0. The van der Waals surface area contributed by atoms with Crippen molar-refractivity contribution < 1.29 is 13.2 Å². The quantitative estimate of drug-likeness (QED) is 0.503. The van der Waals surface area contributed by atoms with Crippen LogP contribution in [0.15, 0.2) is 46.2 Å². The highest BCUT2D eigenvalue weighted by atomic mass is 32.2. The Bertz CT molecular complexity index is 1480. The molecule has 35 heavy (non-hydrogen) atoms. The van der Waals surface area contributed by atoms with Crippen molar-refractivity contribution in [3.05, 3.63) is 63.1 Å². The smallest absolute Gasteiger partial charge is 0.333 e. The van der Waals surface area contributed by atoms with E-state index in [2.05, 4.69) is 4.98 Å². The fraction of sp³-hybridized carbons (Fsp3) is 0.500. The van der Waals surface area contributed by atoms with Crippen molar-refractivity contribution >= 4 is 26.9 Å². The molecular formula is C24H29N5O5S. The zero-order valence-corrected chi connectivity index (χ0v) is 20.5. The lowest BCUT2D eigenvalue weighted by atomic mass is 10.2. The lowest BCUT2D eigenvalue weighted by Gasteiger charge is -2.24. The number of benzene rings is 1. The summed E-state index contributed by atoms with van der Waals surface area (Å²) in [6.07, 6.45) is 5.97. The van der Waals surface area contributed by atoms with Crippen LogP contribution in [0.1, 0.15) is 43.7 Å². The molecule has 1 aromatic carbocycles. The maximum absolute atomic E-state index is 13.6. The molecule has 0 spiro atoms. The van der Waals surface area contributed by atoms with E-state index >= 15 is 0 Å². The van der Waals surface area contributed by atoms with Crippen LogP contribution in [0.25, 0.3) is 11.2 Å². The maximum atomic E-state index is 13.6. The van der Waals surface area contributed by atoms with Crippen LogP contribution in [0, 0.1) is 0 Å². The summed E-state index contributed by atoms with van der Waals surface area (Å²) in [6, 6.07) is 9.09. The highest BCUT2D eigenvalue weighted by Gasteiger charge is 2.33. The van der Waals surface area contributed by atoms with Crippen LogP contribution < -0.4 is 11.2 Å². The van der Waals surface area contributed by atoms with Crippen molar-refractivity contribution in [1.29, 1.82) is 0 Å². The van der Waals surface area contributed by atoms with Crippen molar-refractivity contribution in [2.75, 3.05) is 18.6 Å². The van der Waals surface area contributed by atoms with Crippen LogP contribution in [-0.2, 0) is 27.7 Å². The number of aromatic nitrogens is 4. The second-order valence-electron chi connectivity index (χ2n) is 9.57. The Labute approximate surface area is 202 Å². The molecule has 0 bridgehead atoms. The van der Waals surface area contributed by atoms with E-state index in [1.54, 1.807) is 6.33 Å². The van der Waals surface area contributed by atoms with Gasteiger partial charge in [-0.15, -0.1) is 0 Å². The number of amides is 1. The summed E-state index contributed by atoms with van der Waals surface area (Å²) in [4.78, 5) is 46.1. The standard InChI is InChI=1S/C24H29N5O5S/c1-26(19-11-12-35(33,34)15-19)20(30)14-28-23(31)21-22(25-16-29(21)18-9-5-6-10-18)27(24(28)32)13-17-7-3-2-4-8-17/h2-4,7-8,16,18-19H,5-6,9-15H2,1H3. The van der Waals surface area contributed by atoms with Gasteiger partial charge in [-0.05, 0) is 24.8 Å². The number of hydrogen-bond acceptors (Lipinski definition) is 6. The molecule has 2 aliphatic rings. The predicted molar refractivity (Wildman–Crippen MR) is 131 cm³/mol. The average molecular weight is 500 g/mol. The molecule has 186 valence electrons. The number of sulfone groups is 1. The Hall–Kier alpha value is -3.21. The molecule has 0 N–H and O–H groups in total. The van der Waals surface area contributed by atoms with Crippen LogP contribution in [-0.4, -0.2) is 62.5 Å². The van der Waals surface area contributed by atoms with Crippen LogP contribution in [0.3, 0.4) is 0 Å². The highest BCUT2D eigenvalue weighted by molar-refractivity contribution is 7.91. The van der Waals surface area contributed by atoms with Gasteiger partial charge in [-0.1, -0.05) is 43.2 Å². The Morgan fingerprint density at radius 1 is 1.09 bits per heavy atom. The van der Waals surface area contributed by atoms with E-state index in [-0.39, 0.29) is 24.1 Å². The van der Waals surface area contributed by atoms with Gasteiger partial charge in [0.1, 0.15) is 6.54 Å². The van der Waals surface area contributed by atoms with Gasteiger partial charge in [0.25, 0.3) is 5.56 Å². The van der Waals surface area contributed by atoms with Crippen molar-refractivity contribution in [2.24, 2.45) is 0 Å². The first-order valence-corrected chi connectivity index (χ1v) is 13.8. The normalized spacial score (nSPS) is 20.0. The summed E-state index contributed by atoms with van der Waals surface area (Å²) in [5, 5.41) is 0. The summed E-state index contributed by atoms with van der Waals surface area (Å²) in [5.41, 5.74) is 0.362. The van der Waals surface area contributed by atoms with Crippen molar-refractivity contribution in [3.8, 4) is 0 Å². The van der Waals surface area contributed by atoms with E-state index in [1.165, 1.54) is 16.5 Å². The Balaban J connectivity index is 1.58. The minimum Gasteiger partial charge on any atom is -0.340 e. The molecule has 0 radical (unpaired) electrons. The first kappa shape index (κ1) is 23.5. The van der Waals surface area contributed by atoms with Crippen molar-refractivity contribution in [1.82, 2.24) is 23.6 Å². The monoisotopic (exact) mass is 499 g/mol. The van der Waals surface area contributed by atoms with Gasteiger partial charge in [0.05, 0.1) is 24.4 Å². The summed E-state index contributed by atoms with van der Waals surface area (Å²) in [7, 11) is -1.65. The number of carbonyl (C=O) groups excluding carboxylic acids is 1. The van der Waals surface area contributed by atoms with Gasteiger partial charge in [0.15, 0.2) is 21.0 Å². The van der Waals surface area contributed by atoms with Gasteiger partial charge in [-0.3, -0.25) is 14.2 Å². The second-order valence-corrected chi connectivity index (χ2v) is 11.8. The van der Waals surface area contributed by atoms with E-state index < -0.39 is 39.6 Å². The molecule has 1 saturated carbocycles. The number of hydrogen-bond donors (Lipinski definition) is 0. The number of nitrogens with zero attached hydrogens (tertiary/aromatic N) is 5. The third-order valence-electron chi connectivity index (χ3n) is 7.28. The molecule has 1 aliphatic carbocycles. The number of rotatable bonds is 6. The Kier molecular flexibility index (Phi) is 6.12. The number of likely N-dealkylation sites (N-methyl/N-ethyl adjacent to an activating group) is 1. The SMILES string of the molecule is CN(C(=O)Cn1c(=O)c2c(ncn2C2CCCC2)n(Cc2ccccc2)c1=O)C1CCS(=O)(=O)C1. The number of imidazole rings is 1. The first-order valence-electron chi connectivity index (χ1n) is 12.0. The third-order valence-corrected chi connectivity index (χ3v) is 9.03. The molecule has 1 unspecified atom stereocenters. The average Bonchev–Trinajstić information content (AvgIpc) is 3.59. The largest absolute Gasteiger partial charge is 0.340 e. The van der Waals surface area contributed by atoms with Crippen LogP contribution in [0.2, 0.25) is 0 Å². The molecule has 3 aromatic rings. The molecular weight excluding hydrogens is 470 g/mol. The first-order chi connectivity index (χ1) is 16.7. The van der Waals surface area contributed by atoms with Crippen LogP contribution in [0.4, 0.5) is 0 Å². The molecule has 1 amide bonds. The van der Waals surface area contributed by atoms with E-state index in [1.807, 2.05) is 34.9 Å². The molecule has 1 saturated heterocycles. The number of carbonyl (C=O) groups is 1. The molecule has 5 rings (SSSR count). The molecule has 3 heterocycles. The summed E-state index contributed by atoms with van der Waals surface area (Å²) in [5.74, 6) is -0.537. The lowest BCUT2D eigenvalue weighted by molar-refractivity contribution is -0.132. The number of fused-ring (bicyclic) bond motifs is 1. The van der Waals surface area contributed by atoms with E-state index in [0.717, 1.165) is 35.8 Å². The van der Waals surface area contributed by atoms with Gasteiger partial charge < -0.3 is 9.47 Å². The fourth-order valence-electron chi connectivity index (χ4n) is 5.24. The molecule has 2 aromatic heterocycles. The van der Waals surface area contributed by atoms with Crippen LogP contribution in [0.5, 0.6) is 0 Å². The Morgan fingerprint density at radius 2 is 1.80 bits per heavy atom. The maximum Gasteiger partial charge on any atom is 0.333 e. The molecule has 10 nitrogen and oxygen atoms in total. The van der Waals surface area contributed by atoms with E-state index in [0.29, 0.717) is 17.6 Å². The second kappa shape index (κ2) is 9.10. The van der Waals surface area contributed by atoms with Gasteiger partial charge in [0.2, 0.25) is 5.91 Å². The van der Waals surface area contributed by atoms with E-state index in [4.69, 9.17) is 0 Å². The van der Waals surface area contributed by atoms with Gasteiger partial charge in [-0.2, -0.15) is 0 Å². The third kappa shape index (κ3) is 4.44. The Morgan fingerprint density at radius 3 is 2.46 bits per heavy atom. The molecule has 1 atom stereocenters. The van der Waals surface area contributed by atoms with Gasteiger partial charge >= 0.3 is 5.69 Å². The highest BCUT2D eigenvalue weighted by Crippen LogP contribution is 2.31. The molecule has 2 fully saturated rings. The fourth-order valence-corrected chi connectivity index (χ4v) is 7.02. The van der Waals surface area contributed by atoms with Crippen molar-refractivity contribution in [3.63, 3.8) is 0 Å². The van der Waals surface area contributed by atoms with Gasteiger partial charge in [0, 0.05) is 19.1 Å². The van der Waals surface area contributed by atoms with Crippen LogP contribution >= 0.6 is 0 Å². The van der Waals surface area contributed by atoms with Gasteiger partial charge in [-0.25, -0.2) is 22.8 Å². The summed E-state index contributed by atoms with van der Waals surface area (Å²) in [6.45, 7) is -0.242. The minimum absolute atomic E-state index is 0.0334. The zero-order chi connectivity index (χ0) is 24.7. The minimum atomic E-state index is -3.18. The molecule has 1 aliphatic heterocycles. The van der Waals surface area contributed by atoms with E-state index in [9.17, 15) is 22.8 Å². The topological polar surface area (TPSA) is 116 Å². The molecule has 11 heteroatoms. The van der Waals surface area contributed by atoms with Crippen molar-refractivity contribution in [2.45, 2.75) is 57.3 Å².